The second kappa shape index (κ2) is 4.83. The van der Waals surface area contributed by atoms with E-state index in [9.17, 15) is 13.2 Å². The van der Waals surface area contributed by atoms with E-state index in [0.29, 0.717) is 32.5 Å². The summed E-state index contributed by atoms with van der Waals surface area (Å²) in [6, 6.07) is 0. The summed E-state index contributed by atoms with van der Waals surface area (Å²) in [4.78, 5) is 12.8. The topological polar surface area (TPSA) is 63.7 Å². The van der Waals surface area contributed by atoms with Gasteiger partial charge in [0.15, 0.2) is 9.84 Å². The van der Waals surface area contributed by atoms with Crippen LogP contribution in [-0.4, -0.2) is 44.4 Å². The van der Waals surface area contributed by atoms with Crippen LogP contribution in [0.15, 0.2) is 0 Å². The third-order valence-corrected chi connectivity index (χ3v) is 3.96. The van der Waals surface area contributed by atoms with Gasteiger partial charge in [0.2, 0.25) is 0 Å². The van der Waals surface area contributed by atoms with Crippen LogP contribution in [0, 0.1) is 6.26 Å². The molecule has 0 aliphatic carbocycles. The molecule has 0 saturated carbocycles. The third kappa shape index (κ3) is 3.37. The molecular weight excluding hydrogens is 218 g/mol. The molecule has 1 radical (unpaired) electrons. The standard InChI is InChI=1S/C9H16NO4S/c1-3-14-9(11)10-6-4-8(5-7-10)15(2,12)13/h8H,2-7H2,1H3. The monoisotopic (exact) mass is 234 g/mol. The Morgan fingerprint density at radius 1 is 1.47 bits per heavy atom. The fraction of sp³-hybridized carbons (Fsp3) is 0.778. The van der Waals surface area contributed by atoms with Crippen molar-refractivity contribution in [2.75, 3.05) is 19.7 Å². The molecule has 1 fully saturated rings. The Bertz CT molecular complexity index is 317. The summed E-state index contributed by atoms with van der Waals surface area (Å²) in [6.07, 6.45) is 3.67. The molecule has 87 valence electrons. The third-order valence-electron chi connectivity index (χ3n) is 2.48. The minimum atomic E-state index is -3.22. The van der Waals surface area contributed by atoms with Gasteiger partial charge in [0.25, 0.3) is 0 Å². The molecule has 6 heteroatoms. The maximum Gasteiger partial charge on any atom is 0.409 e. The molecule has 0 N–H and O–H groups in total. The van der Waals surface area contributed by atoms with Crippen LogP contribution in [0.3, 0.4) is 0 Å². The Labute approximate surface area is 90.3 Å². The maximum absolute atomic E-state index is 11.3. The zero-order valence-electron chi connectivity index (χ0n) is 8.81. The molecule has 5 nitrogen and oxygen atoms in total. The van der Waals surface area contributed by atoms with Gasteiger partial charge >= 0.3 is 6.09 Å². The van der Waals surface area contributed by atoms with E-state index in [0.717, 1.165) is 0 Å². The van der Waals surface area contributed by atoms with Crippen LogP contribution in [-0.2, 0) is 14.6 Å². The fourth-order valence-electron chi connectivity index (χ4n) is 1.61. The number of nitrogens with zero attached hydrogens (tertiary/aromatic N) is 1. The molecule has 1 aliphatic heterocycles. The molecule has 0 atom stereocenters. The lowest BCUT2D eigenvalue weighted by Gasteiger charge is -2.30. The average Bonchev–Trinajstić information content (AvgIpc) is 2.17. The van der Waals surface area contributed by atoms with Crippen molar-refractivity contribution in [2.24, 2.45) is 0 Å². The van der Waals surface area contributed by atoms with Crippen LogP contribution in [0.4, 0.5) is 4.79 Å². The van der Waals surface area contributed by atoms with Crippen molar-refractivity contribution in [2.45, 2.75) is 25.0 Å². The molecule has 1 rings (SSSR count). The van der Waals surface area contributed by atoms with Crippen LogP contribution in [0.2, 0.25) is 0 Å². The molecule has 0 unspecified atom stereocenters. The average molecular weight is 234 g/mol. The number of carbonyl (C=O) groups is 1. The Balaban J connectivity index is 2.46. The first-order chi connectivity index (χ1) is 6.95. The molecule has 0 aromatic carbocycles. The Hall–Kier alpha value is -0.780. The number of amides is 1. The second-order valence-electron chi connectivity index (χ2n) is 3.55. The summed E-state index contributed by atoms with van der Waals surface area (Å²) in [7, 11) is -3.22. The van der Waals surface area contributed by atoms with E-state index < -0.39 is 15.1 Å². The highest BCUT2D eigenvalue weighted by Gasteiger charge is 2.29. The Morgan fingerprint density at radius 2 is 2.00 bits per heavy atom. The Kier molecular flexibility index (Phi) is 3.96. The maximum atomic E-state index is 11.3. The van der Waals surface area contributed by atoms with Gasteiger partial charge in [0.1, 0.15) is 0 Å². The molecule has 0 aromatic rings. The van der Waals surface area contributed by atoms with Crippen LogP contribution < -0.4 is 0 Å². The first-order valence-corrected chi connectivity index (χ1v) is 6.65. The van der Waals surface area contributed by atoms with Crippen molar-refractivity contribution >= 4 is 15.9 Å². The van der Waals surface area contributed by atoms with Gasteiger partial charge in [-0.25, -0.2) is 13.2 Å². The number of hydrogen-bond acceptors (Lipinski definition) is 4. The van der Waals surface area contributed by atoms with Crippen LogP contribution in [0.1, 0.15) is 19.8 Å². The lowest BCUT2D eigenvalue weighted by atomic mass is 10.1. The van der Waals surface area contributed by atoms with Crippen molar-refractivity contribution in [3.63, 3.8) is 0 Å². The van der Waals surface area contributed by atoms with E-state index in [4.69, 9.17) is 4.74 Å². The largest absolute Gasteiger partial charge is 0.450 e. The molecular formula is C9H16NO4S. The van der Waals surface area contributed by atoms with E-state index in [1.54, 1.807) is 6.92 Å². The molecule has 0 aromatic heterocycles. The SMILES string of the molecule is [CH2]S(=O)(=O)C1CCN(C(=O)OCC)CC1. The molecule has 0 spiro atoms. The number of ether oxygens (including phenoxy) is 1. The van der Waals surface area contributed by atoms with Crippen LogP contribution >= 0.6 is 0 Å². The van der Waals surface area contributed by atoms with Crippen LogP contribution in [0.5, 0.6) is 0 Å². The number of hydrogen-bond donors (Lipinski definition) is 0. The fourth-order valence-corrected chi connectivity index (χ4v) is 2.54. The normalized spacial score (nSPS) is 18.9. The lowest BCUT2D eigenvalue weighted by molar-refractivity contribution is 0.100. The van der Waals surface area contributed by atoms with Gasteiger partial charge in [-0.3, -0.25) is 0 Å². The van der Waals surface area contributed by atoms with Gasteiger partial charge in [-0.05, 0) is 19.8 Å². The predicted molar refractivity (Wildman–Crippen MR) is 55.9 cm³/mol. The van der Waals surface area contributed by atoms with E-state index in [2.05, 4.69) is 6.26 Å². The number of rotatable bonds is 2. The zero-order valence-corrected chi connectivity index (χ0v) is 9.62. The van der Waals surface area contributed by atoms with E-state index in [1.807, 2.05) is 0 Å². The first kappa shape index (κ1) is 12.3. The van der Waals surface area contributed by atoms with Gasteiger partial charge in [-0.15, -0.1) is 0 Å². The van der Waals surface area contributed by atoms with Crippen molar-refractivity contribution in [3.8, 4) is 0 Å². The summed E-state index contributed by atoms with van der Waals surface area (Å²) in [5.74, 6) is 0. The number of likely N-dealkylation sites (tertiary alicyclic amines) is 1. The van der Waals surface area contributed by atoms with Gasteiger partial charge in [-0.1, -0.05) is 0 Å². The van der Waals surface area contributed by atoms with E-state index in [-0.39, 0.29) is 6.09 Å². The zero-order chi connectivity index (χ0) is 11.5. The van der Waals surface area contributed by atoms with E-state index in [1.165, 1.54) is 4.90 Å². The minimum absolute atomic E-state index is 0.340. The summed E-state index contributed by atoms with van der Waals surface area (Å²) >= 11 is 0. The van der Waals surface area contributed by atoms with Gasteiger partial charge in [0.05, 0.1) is 18.1 Å². The number of carbonyl (C=O) groups excluding carboxylic acids is 1. The molecule has 1 amide bonds. The Morgan fingerprint density at radius 3 is 2.40 bits per heavy atom. The highest BCUT2D eigenvalue weighted by Crippen LogP contribution is 2.18. The van der Waals surface area contributed by atoms with E-state index >= 15 is 0 Å². The summed E-state index contributed by atoms with van der Waals surface area (Å²) in [6.45, 7) is 2.94. The second-order valence-corrected chi connectivity index (χ2v) is 5.54. The smallest absolute Gasteiger partial charge is 0.409 e. The summed E-state index contributed by atoms with van der Waals surface area (Å²) < 4.78 is 27.1. The van der Waals surface area contributed by atoms with Gasteiger partial charge < -0.3 is 9.64 Å². The molecule has 1 aliphatic rings. The minimum Gasteiger partial charge on any atom is -0.450 e. The summed E-state index contributed by atoms with van der Waals surface area (Å²) in [5, 5.41) is -0.414. The molecule has 1 heterocycles. The molecule has 0 bridgehead atoms. The highest BCUT2D eigenvalue weighted by molar-refractivity contribution is 7.93. The lowest BCUT2D eigenvalue weighted by Crippen LogP contribution is -2.42. The van der Waals surface area contributed by atoms with Crippen molar-refractivity contribution in [1.82, 2.24) is 4.90 Å². The van der Waals surface area contributed by atoms with Crippen molar-refractivity contribution in [3.05, 3.63) is 6.26 Å². The number of piperidine rings is 1. The van der Waals surface area contributed by atoms with Crippen LogP contribution in [0.25, 0.3) is 0 Å². The van der Waals surface area contributed by atoms with Gasteiger partial charge in [-0.2, -0.15) is 0 Å². The van der Waals surface area contributed by atoms with Crippen molar-refractivity contribution in [1.29, 1.82) is 0 Å². The quantitative estimate of drug-likeness (QED) is 0.709. The highest BCUT2D eigenvalue weighted by atomic mass is 32.2. The molecule has 1 saturated heterocycles. The first-order valence-electron chi connectivity index (χ1n) is 4.93. The summed E-state index contributed by atoms with van der Waals surface area (Å²) in [5.41, 5.74) is 0. The van der Waals surface area contributed by atoms with Gasteiger partial charge in [0, 0.05) is 13.1 Å². The predicted octanol–water partition coefficient (Wildman–Crippen LogP) is 0.814. The van der Waals surface area contributed by atoms with Crippen molar-refractivity contribution < 1.29 is 17.9 Å². The molecule has 15 heavy (non-hydrogen) atoms. The number of sulfone groups is 1.